The Bertz CT molecular complexity index is 519. The summed E-state index contributed by atoms with van der Waals surface area (Å²) in [5.74, 6) is -1.62. The van der Waals surface area contributed by atoms with Crippen molar-refractivity contribution >= 4 is 11.8 Å². The van der Waals surface area contributed by atoms with Gasteiger partial charge in [-0.3, -0.25) is 0 Å². The average molecular weight is 290 g/mol. The molecule has 110 valence electrons. The number of hydrogen-bond acceptors (Lipinski definition) is 4. The zero-order chi connectivity index (χ0) is 14.9. The molecule has 1 aromatic rings. The van der Waals surface area contributed by atoms with Gasteiger partial charge >= 0.3 is 12.1 Å². The summed E-state index contributed by atoms with van der Waals surface area (Å²) in [5.41, 5.74) is -1.42. The van der Waals surface area contributed by atoms with E-state index in [9.17, 15) is 18.0 Å². The van der Waals surface area contributed by atoms with E-state index in [4.69, 9.17) is 9.84 Å². The van der Waals surface area contributed by atoms with Crippen LogP contribution in [0.15, 0.2) is 12.1 Å². The SMILES string of the molecule is CC1OCCC1Nc1nc(C(F)(F)F)ccc1C(=O)O. The third-order valence-corrected chi connectivity index (χ3v) is 3.11. The Kier molecular flexibility index (Phi) is 3.85. The Morgan fingerprint density at radius 2 is 2.20 bits per heavy atom. The van der Waals surface area contributed by atoms with Crippen LogP contribution in [0, 0.1) is 0 Å². The number of nitrogens with zero attached hydrogens (tertiary/aromatic N) is 1. The molecule has 2 heterocycles. The van der Waals surface area contributed by atoms with Gasteiger partial charge in [0.2, 0.25) is 0 Å². The first-order valence-corrected chi connectivity index (χ1v) is 5.98. The Morgan fingerprint density at radius 1 is 1.50 bits per heavy atom. The molecular formula is C12H13F3N2O3. The van der Waals surface area contributed by atoms with Crippen LogP contribution in [0.4, 0.5) is 19.0 Å². The molecule has 0 amide bonds. The van der Waals surface area contributed by atoms with Gasteiger partial charge < -0.3 is 15.2 Å². The maximum absolute atomic E-state index is 12.6. The predicted octanol–water partition coefficient (Wildman–Crippen LogP) is 2.39. The van der Waals surface area contributed by atoms with Gasteiger partial charge in [-0.2, -0.15) is 13.2 Å². The first kappa shape index (κ1) is 14.6. The normalized spacial score (nSPS) is 22.8. The third kappa shape index (κ3) is 3.01. The second-order valence-corrected chi connectivity index (χ2v) is 4.51. The fourth-order valence-corrected chi connectivity index (χ4v) is 2.00. The van der Waals surface area contributed by atoms with E-state index in [1.54, 1.807) is 6.92 Å². The van der Waals surface area contributed by atoms with Crippen molar-refractivity contribution in [1.29, 1.82) is 0 Å². The number of nitrogens with one attached hydrogen (secondary N) is 1. The predicted molar refractivity (Wildman–Crippen MR) is 63.6 cm³/mol. The zero-order valence-electron chi connectivity index (χ0n) is 10.6. The summed E-state index contributed by atoms with van der Waals surface area (Å²) in [7, 11) is 0. The van der Waals surface area contributed by atoms with Crippen LogP contribution in [0.2, 0.25) is 0 Å². The number of ether oxygens (including phenoxy) is 1. The highest BCUT2D eigenvalue weighted by atomic mass is 19.4. The molecule has 2 atom stereocenters. The van der Waals surface area contributed by atoms with E-state index in [-0.39, 0.29) is 23.5 Å². The number of carbonyl (C=O) groups is 1. The van der Waals surface area contributed by atoms with Crippen molar-refractivity contribution in [2.45, 2.75) is 31.7 Å². The van der Waals surface area contributed by atoms with Crippen molar-refractivity contribution in [3.63, 3.8) is 0 Å². The molecule has 0 saturated carbocycles. The first-order chi connectivity index (χ1) is 9.29. The van der Waals surface area contributed by atoms with Gasteiger partial charge in [-0.1, -0.05) is 0 Å². The van der Waals surface area contributed by atoms with Crippen molar-refractivity contribution in [3.8, 4) is 0 Å². The van der Waals surface area contributed by atoms with Crippen LogP contribution in [0.1, 0.15) is 29.4 Å². The molecule has 0 bridgehead atoms. The highest BCUT2D eigenvalue weighted by Crippen LogP contribution is 2.30. The lowest BCUT2D eigenvalue weighted by atomic mass is 10.1. The van der Waals surface area contributed by atoms with Gasteiger partial charge in [-0.15, -0.1) is 0 Å². The quantitative estimate of drug-likeness (QED) is 0.894. The highest BCUT2D eigenvalue weighted by Gasteiger charge is 2.34. The number of hydrogen-bond donors (Lipinski definition) is 2. The Morgan fingerprint density at radius 3 is 2.70 bits per heavy atom. The van der Waals surface area contributed by atoms with E-state index in [1.807, 2.05) is 0 Å². The van der Waals surface area contributed by atoms with Crippen LogP contribution >= 0.6 is 0 Å². The molecule has 2 unspecified atom stereocenters. The van der Waals surface area contributed by atoms with E-state index < -0.39 is 17.8 Å². The van der Waals surface area contributed by atoms with E-state index in [2.05, 4.69) is 10.3 Å². The molecule has 0 aliphatic carbocycles. The third-order valence-electron chi connectivity index (χ3n) is 3.11. The summed E-state index contributed by atoms with van der Waals surface area (Å²) in [6.45, 7) is 2.24. The summed E-state index contributed by atoms with van der Waals surface area (Å²) in [4.78, 5) is 14.4. The molecular weight excluding hydrogens is 277 g/mol. The molecule has 1 fully saturated rings. The molecule has 20 heavy (non-hydrogen) atoms. The largest absolute Gasteiger partial charge is 0.478 e. The van der Waals surface area contributed by atoms with E-state index in [0.717, 1.165) is 6.07 Å². The lowest BCUT2D eigenvalue weighted by molar-refractivity contribution is -0.141. The summed E-state index contributed by atoms with van der Waals surface area (Å²) in [5, 5.41) is 11.7. The van der Waals surface area contributed by atoms with Crippen molar-refractivity contribution in [3.05, 3.63) is 23.4 Å². The van der Waals surface area contributed by atoms with Gasteiger partial charge in [-0.25, -0.2) is 9.78 Å². The van der Waals surface area contributed by atoms with Gasteiger partial charge in [0.1, 0.15) is 17.1 Å². The van der Waals surface area contributed by atoms with Crippen LogP contribution in [-0.4, -0.2) is 34.8 Å². The van der Waals surface area contributed by atoms with Crippen molar-refractivity contribution in [2.24, 2.45) is 0 Å². The molecule has 0 aromatic carbocycles. The zero-order valence-corrected chi connectivity index (χ0v) is 10.6. The fraction of sp³-hybridized carbons (Fsp3) is 0.500. The minimum atomic E-state index is -4.62. The average Bonchev–Trinajstić information content (AvgIpc) is 2.73. The fourth-order valence-electron chi connectivity index (χ4n) is 2.00. The van der Waals surface area contributed by atoms with Gasteiger partial charge in [0.25, 0.3) is 0 Å². The standard InChI is InChI=1S/C12H13F3N2O3/c1-6-8(4-5-20-6)16-10-7(11(18)19)2-3-9(17-10)12(13,14)15/h2-3,6,8H,4-5H2,1H3,(H,16,17)(H,18,19). The summed E-state index contributed by atoms with van der Waals surface area (Å²) >= 11 is 0. The number of pyridine rings is 1. The van der Waals surface area contributed by atoms with Gasteiger partial charge in [0, 0.05) is 6.61 Å². The van der Waals surface area contributed by atoms with Gasteiger partial charge in [0.15, 0.2) is 0 Å². The lowest BCUT2D eigenvalue weighted by Gasteiger charge is -2.19. The van der Waals surface area contributed by atoms with Crippen LogP contribution in [0.25, 0.3) is 0 Å². The number of aromatic carboxylic acids is 1. The number of rotatable bonds is 3. The summed E-state index contributed by atoms with van der Waals surface area (Å²) in [6, 6.07) is 1.30. The Hall–Kier alpha value is -1.83. The summed E-state index contributed by atoms with van der Waals surface area (Å²) < 4.78 is 43.2. The van der Waals surface area contributed by atoms with E-state index >= 15 is 0 Å². The van der Waals surface area contributed by atoms with Crippen LogP contribution < -0.4 is 5.32 Å². The van der Waals surface area contributed by atoms with Crippen molar-refractivity contribution < 1.29 is 27.8 Å². The molecule has 5 nitrogen and oxygen atoms in total. The maximum atomic E-state index is 12.6. The van der Waals surface area contributed by atoms with E-state index in [0.29, 0.717) is 19.1 Å². The number of aromatic nitrogens is 1. The second kappa shape index (κ2) is 5.28. The molecule has 2 N–H and O–H groups in total. The van der Waals surface area contributed by atoms with Crippen LogP contribution in [0.3, 0.4) is 0 Å². The lowest BCUT2D eigenvalue weighted by Crippen LogP contribution is -2.28. The number of halogens is 3. The molecule has 1 aliphatic rings. The molecule has 0 radical (unpaired) electrons. The molecule has 1 aliphatic heterocycles. The molecule has 2 rings (SSSR count). The van der Waals surface area contributed by atoms with Crippen LogP contribution in [0.5, 0.6) is 0 Å². The number of carboxylic acid groups (broad SMARTS) is 1. The Labute approximate surface area is 112 Å². The van der Waals surface area contributed by atoms with Crippen molar-refractivity contribution in [1.82, 2.24) is 4.98 Å². The van der Waals surface area contributed by atoms with Crippen molar-refractivity contribution in [2.75, 3.05) is 11.9 Å². The maximum Gasteiger partial charge on any atom is 0.433 e. The highest BCUT2D eigenvalue weighted by molar-refractivity contribution is 5.93. The molecule has 8 heteroatoms. The smallest absolute Gasteiger partial charge is 0.433 e. The first-order valence-electron chi connectivity index (χ1n) is 5.98. The number of alkyl halides is 3. The number of anilines is 1. The van der Waals surface area contributed by atoms with Gasteiger partial charge in [0.05, 0.1) is 12.1 Å². The topological polar surface area (TPSA) is 71.5 Å². The van der Waals surface area contributed by atoms with E-state index in [1.165, 1.54) is 0 Å². The monoisotopic (exact) mass is 290 g/mol. The summed E-state index contributed by atoms with van der Waals surface area (Å²) in [6.07, 6.45) is -4.25. The Balaban J connectivity index is 2.34. The molecule has 1 saturated heterocycles. The molecule has 1 aromatic heterocycles. The molecule has 0 spiro atoms. The van der Waals surface area contributed by atoms with Gasteiger partial charge in [-0.05, 0) is 25.5 Å². The second-order valence-electron chi connectivity index (χ2n) is 4.51. The van der Waals surface area contributed by atoms with Crippen LogP contribution in [-0.2, 0) is 10.9 Å². The number of carboxylic acids is 1. The minimum Gasteiger partial charge on any atom is -0.478 e. The minimum absolute atomic E-state index is 0.215.